The number of anilines is 1. The van der Waals surface area contributed by atoms with Crippen molar-refractivity contribution in [1.29, 1.82) is 0 Å². The van der Waals surface area contributed by atoms with Crippen molar-refractivity contribution in [3.8, 4) is 0 Å². The number of ketones is 1. The molecule has 90 valence electrons. The van der Waals surface area contributed by atoms with Crippen molar-refractivity contribution in [2.75, 3.05) is 4.90 Å². The summed E-state index contributed by atoms with van der Waals surface area (Å²) in [6.45, 7) is 1.05. The molecule has 0 radical (unpaired) electrons. The standard InChI is InChI=1S/C11H9F2NO3/c1-6(15)14-8-5-3-2-4-7(8)9(16)11(12,13)10(14)17/h2-5,10,17H,1H3. The zero-order valence-electron chi connectivity index (χ0n) is 8.85. The zero-order valence-corrected chi connectivity index (χ0v) is 8.85. The van der Waals surface area contributed by atoms with Gasteiger partial charge in [-0.3, -0.25) is 14.5 Å². The van der Waals surface area contributed by atoms with E-state index in [9.17, 15) is 23.5 Å². The summed E-state index contributed by atoms with van der Waals surface area (Å²) in [7, 11) is 0. The molecule has 1 unspecified atom stereocenters. The Morgan fingerprint density at radius 1 is 1.41 bits per heavy atom. The van der Waals surface area contributed by atoms with E-state index in [-0.39, 0.29) is 11.3 Å². The van der Waals surface area contributed by atoms with Crippen LogP contribution in [0.15, 0.2) is 24.3 Å². The topological polar surface area (TPSA) is 57.6 Å². The summed E-state index contributed by atoms with van der Waals surface area (Å²) in [5, 5.41) is 9.42. The quantitative estimate of drug-likeness (QED) is 0.742. The number of carbonyl (C=O) groups is 2. The molecule has 0 spiro atoms. The van der Waals surface area contributed by atoms with Gasteiger partial charge in [0.2, 0.25) is 17.9 Å². The van der Waals surface area contributed by atoms with Gasteiger partial charge < -0.3 is 5.11 Å². The van der Waals surface area contributed by atoms with Gasteiger partial charge in [-0.25, -0.2) is 0 Å². The Kier molecular flexibility index (Phi) is 2.46. The molecule has 4 nitrogen and oxygen atoms in total. The number of Topliss-reactive ketones (excluding diaryl/α,β-unsaturated/α-hetero) is 1. The van der Waals surface area contributed by atoms with Crippen molar-refractivity contribution < 1.29 is 23.5 Å². The van der Waals surface area contributed by atoms with E-state index in [1.165, 1.54) is 24.3 Å². The molecule has 1 aromatic carbocycles. The van der Waals surface area contributed by atoms with Gasteiger partial charge in [0, 0.05) is 12.5 Å². The van der Waals surface area contributed by atoms with E-state index in [0.717, 1.165) is 6.92 Å². The lowest BCUT2D eigenvalue weighted by Gasteiger charge is -2.37. The highest BCUT2D eigenvalue weighted by Gasteiger charge is 2.55. The number of alkyl halides is 2. The third kappa shape index (κ3) is 1.52. The van der Waals surface area contributed by atoms with Crippen LogP contribution in [0.2, 0.25) is 0 Å². The number of aliphatic hydroxyl groups is 1. The van der Waals surface area contributed by atoms with Gasteiger partial charge in [-0.15, -0.1) is 0 Å². The number of fused-ring (bicyclic) bond motifs is 1. The molecular weight excluding hydrogens is 232 g/mol. The van der Waals surface area contributed by atoms with Gasteiger partial charge in [0.15, 0.2) is 0 Å². The molecule has 0 saturated heterocycles. The molecule has 0 fully saturated rings. The Hall–Kier alpha value is -1.82. The van der Waals surface area contributed by atoms with Crippen LogP contribution < -0.4 is 4.90 Å². The highest BCUT2D eigenvalue weighted by Crippen LogP contribution is 2.38. The average Bonchev–Trinajstić information content (AvgIpc) is 2.27. The first kappa shape index (κ1) is 11.7. The molecule has 1 aromatic rings. The van der Waals surface area contributed by atoms with Crippen molar-refractivity contribution in [3.05, 3.63) is 29.8 Å². The van der Waals surface area contributed by atoms with Gasteiger partial charge in [0.25, 0.3) is 0 Å². The van der Waals surface area contributed by atoms with Crippen LogP contribution in [-0.4, -0.2) is 28.9 Å². The third-order valence-electron chi connectivity index (χ3n) is 2.62. The van der Waals surface area contributed by atoms with Crippen LogP contribution in [-0.2, 0) is 4.79 Å². The van der Waals surface area contributed by atoms with E-state index in [1.54, 1.807) is 0 Å². The van der Waals surface area contributed by atoms with Crippen LogP contribution in [0.5, 0.6) is 0 Å². The fourth-order valence-electron chi connectivity index (χ4n) is 1.81. The molecule has 0 aromatic heterocycles. The van der Waals surface area contributed by atoms with E-state index in [0.29, 0.717) is 4.90 Å². The lowest BCUT2D eigenvalue weighted by Crippen LogP contribution is -2.57. The van der Waals surface area contributed by atoms with Gasteiger partial charge >= 0.3 is 5.92 Å². The van der Waals surface area contributed by atoms with Crippen LogP contribution in [0.25, 0.3) is 0 Å². The Balaban J connectivity index is 2.68. The number of para-hydroxylation sites is 1. The number of amides is 1. The number of benzene rings is 1. The van der Waals surface area contributed by atoms with Crippen molar-refractivity contribution >= 4 is 17.4 Å². The number of nitrogens with zero attached hydrogens (tertiary/aromatic N) is 1. The molecule has 0 aliphatic carbocycles. The first-order chi connectivity index (χ1) is 7.87. The Morgan fingerprint density at radius 3 is 2.59 bits per heavy atom. The second-order valence-corrected chi connectivity index (χ2v) is 3.73. The summed E-state index contributed by atoms with van der Waals surface area (Å²) in [5.74, 6) is -6.21. The Bertz CT molecular complexity index is 501. The first-order valence-electron chi connectivity index (χ1n) is 4.87. The number of carbonyl (C=O) groups excluding carboxylic acids is 2. The molecule has 1 aliphatic heterocycles. The first-order valence-corrected chi connectivity index (χ1v) is 4.87. The zero-order chi connectivity index (χ0) is 12.8. The van der Waals surface area contributed by atoms with Gasteiger partial charge in [0.1, 0.15) is 0 Å². The molecule has 2 rings (SSSR count). The summed E-state index contributed by atoms with van der Waals surface area (Å²) < 4.78 is 27.0. The molecule has 1 aliphatic rings. The molecule has 1 atom stereocenters. The maximum Gasteiger partial charge on any atom is 0.353 e. The highest BCUT2D eigenvalue weighted by molar-refractivity contribution is 6.12. The average molecular weight is 241 g/mol. The molecule has 6 heteroatoms. The van der Waals surface area contributed by atoms with Crippen LogP contribution in [0.3, 0.4) is 0 Å². The van der Waals surface area contributed by atoms with Crippen molar-refractivity contribution in [2.24, 2.45) is 0 Å². The lowest BCUT2D eigenvalue weighted by atomic mass is 9.96. The Morgan fingerprint density at radius 2 is 2.00 bits per heavy atom. The second kappa shape index (κ2) is 3.59. The monoisotopic (exact) mass is 241 g/mol. The van der Waals surface area contributed by atoms with E-state index in [4.69, 9.17) is 0 Å². The molecule has 17 heavy (non-hydrogen) atoms. The molecule has 1 amide bonds. The van der Waals surface area contributed by atoms with Crippen LogP contribution in [0, 0.1) is 0 Å². The van der Waals surface area contributed by atoms with E-state index < -0.39 is 23.8 Å². The number of halogens is 2. The van der Waals surface area contributed by atoms with Crippen LogP contribution in [0.1, 0.15) is 17.3 Å². The summed E-state index contributed by atoms with van der Waals surface area (Å²) in [4.78, 5) is 23.3. The maximum absolute atomic E-state index is 13.5. The van der Waals surface area contributed by atoms with Gasteiger partial charge in [-0.1, -0.05) is 12.1 Å². The largest absolute Gasteiger partial charge is 0.367 e. The fourth-order valence-corrected chi connectivity index (χ4v) is 1.81. The molecule has 1 N–H and O–H groups in total. The lowest BCUT2D eigenvalue weighted by molar-refractivity contribution is -0.126. The van der Waals surface area contributed by atoms with Gasteiger partial charge in [0.05, 0.1) is 5.69 Å². The number of hydrogen-bond acceptors (Lipinski definition) is 3. The van der Waals surface area contributed by atoms with Crippen molar-refractivity contribution in [1.82, 2.24) is 0 Å². The number of rotatable bonds is 0. The summed E-state index contributed by atoms with van der Waals surface area (Å²) >= 11 is 0. The fraction of sp³-hybridized carbons (Fsp3) is 0.273. The van der Waals surface area contributed by atoms with Crippen LogP contribution in [0.4, 0.5) is 14.5 Å². The maximum atomic E-state index is 13.5. The highest BCUT2D eigenvalue weighted by atomic mass is 19.3. The molecular formula is C11H9F2NO3. The van der Waals surface area contributed by atoms with Gasteiger partial charge in [-0.05, 0) is 12.1 Å². The predicted molar refractivity (Wildman–Crippen MR) is 54.9 cm³/mol. The third-order valence-corrected chi connectivity index (χ3v) is 2.62. The smallest absolute Gasteiger partial charge is 0.353 e. The molecule has 1 heterocycles. The number of aliphatic hydroxyl groups excluding tert-OH is 1. The minimum absolute atomic E-state index is 0.00317. The molecule has 0 saturated carbocycles. The Labute approximate surface area is 95.5 Å². The SMILES string of the molecule is CC(=O)N1c2ccccc2C(=O)C(F)(F)C1O. The summed E-state index contributed by atoms with van der Waals surface area (Å²) in [5.41, 5.74) is -0.263. The predicted octanol–water partition coefficient (Wildman–Crippen LogP) is 1.19. The summed E-state index contributed by atoms with van der Waals surface area (Å²) in [6.07, 6.45) is -2.46. The minimum Gasteiger partial charge on any atom is -0.367 e. The van der Waals surface area contributed by atoms with Crippen molar-refractivity contribution in [3.63, 3.8) is 0 Å². The molecule has 0 bridgehead atoms. The normalized spacial score (nSPS) is 22.2. The van der Waals surface area contributed by atoms with E-state index in [1.807, 2.05) is 0 Å². The summed E-state index contributed by atoms with van der Waals surface area (Å²) in [6, 6.07) is 5.46. The van der Waals surface area contributed by atoms with Crippen LogP contribution >= 0.6 is 0 Å². The van der Waals surface area contributed by atoms with Crippen molar-refractivity contribution in [2.45, 2.75) is 19.1 Å². The minimum atomic E-state index is -3.99. The van der Waals surface area contributed by atoms with E-state index in [2.05, 4.69) is 0 Å². The van der Waals surface area contributed by atoms with E-state index >= 15 is 0 Å². The van der Waals surface area contributed by atoms with Gasteiger partial charge in [-0.2, -0.15) is 8.78 Å². The second-order valence-electron chi connectivity index (χ2n) is 3.73. The number of hydrogen-bond donors (Lipinski definition) is 1.